The lowest BCUT2D eigenvalue weighted by Gasteiger charge is -2.06. The maximum atomic E-state index is 13.1. The summed E-state index contributed by atoms with van der Waals surface area (Å²) in [7, 11) is 1.82. The van der Waals surface area contributed by atoms with Crippen LogP contribution in [0.1, 0.15) is 5.69 Å². The summed E-state index contributed by atoms with van der Waals surface area (Å²) >= 11 is 9.24. The van der Waals surface area contributed by atoms with E-state index in [1.54, 1.807) is 6.20 Å². The highest BCUT2D eigenvalue weighted by Gasteiger charge is 2.12. The fraction of sp³-hybridized carbons (Fsp3) is 0.200. The van der Waals surface area contributed by atoms with Crippen LogP contribution in [0.3, 0.4) is 0 Å². The van der Waals surface area contributed by atoms with Crippen LogP contribution in [0.4, 0.5) is 4.39 Å². The highest BCUT2D eigenvalue weighted by molar-refractivity contribution is 9.10. The Hall–Kier alpha value is -0.980. The minimum atomic E-state index is -0.402. The number of rotatable bonds is 3. The molecule has 7 heteroatoms. The van der Waals surface area contributed by atoms with E-state index in [4.69, 9.17) is 11.6 Å². The van der Waals surface area contributed by atoms with Crippen molar-refractivity contribution in [3.8, 4) is 5.69 Å². The Morgan fingerprint density at radius 3 is 2.94 bits per heavy atom. The molecule has 0 aliphatic rings. The monoisotopic (exact) mass is 318 g/mol. The van der Waals surface area contributed by atoms with Gasteiger partial charge in [-0.25, -0.2) is 9.07 Å². The first-order valence-corrected chi connectivity index (χ1v) is 5.99. The molecular formula is C10H9BrClFN4. The standard InChI is InChI=1S/C10H9BrClFN4/c1-14-4-7-5-17(16-15-7)10-8(11)2-6(13)3-9(10)12/h2-3,5,14H,4H2,1H3. The summed E-state index contributed by atoms with van der Waals surface area (Å²) in [5, 5.41) is 11.2. The summed E-state index contributed by atoms with van der Waals surface area (Å²) in [6, 6.07) is 2.57. The molecule has 90 valence electrons. The molecule has 0 unspecified atom stereocenters. The van der Waals surface area contributed by atoms with Gasteiger partial charge in [0.1, 0.15) is 5.82 Å². The average Bonchev–Trinajstić information content (AvgIpc) is 2.65. The third-order valence-corrected chi connectivity index (χ3v) is 3.00. The van der Waals surface area contributed by atoms with Crippen LogP contribution in [0, 0.1) is 5.82 Å². The smallest absolute Gasteiger partial charge is 0.125 e. The van der Waals surface area contributed by atoms with E-state index in [0.29, 0.717) is 16.7 Å². The first kappa shape index (κ1) is 12.5. The predicted molar refractivity (Wildman–Crippen MR) is 66.8 cm³/mol. The number of benzene rings is 1. The lowest BCUT2D eigenvalue weighted by atomic mass is 10.3. The molecule has 1 N–H and O–H groups in total. The zero-order valence-electron chi connectivity index (χ0n) is 8.91. The van der Waals surface area contributed by atoms with Crippen LogP contribution in [-0.4, -0.2) is 22.0 Å². The molecule has 0 bridgehead atoms. The second-order valence-corrected chi connectivity index (χ2v) is 4.66. The molecule has 0 atom stereocenters. The van der Waals surface area contributed by atoms with E-state index < -0.39 is 5.82 Å². The molecule has 1 aromatic heterocycles. The maximum Gasteiger partial charge on any atom is 0.125 e. The zero-order valence-corrected chi connectivity index (χ0v) is 11.3. The second-order valence-electron chi connectivity index (χ2n) is 3.40. The van der Waals surface area contributed by atoms with Crippen molar-refractivity contribution in [1.82, 2.24) is 20.3 Å². The Labute approximate surface area is 111 Å². The fourth-order valence-corrected chi connectivity index (χ4v) is 2.44. The molecule has 1 aromatic carbocycles. The van der Waals surface area contributed by atoms with Crippen LogP contribution in [0.25, 0.3) is 5.69 Å². The van der Waals surface area contributed by atoms with Crippen molar-refractivity contribution < 1.29 is 4.39 Å². The predicted octanol–water partition coefficient (Wildman–Crippen LogP) is 2.54. The van der Waals surface area contributed by atoms with E-state index in [1.165, 1.54) is 16.8 Å². The first-order valence-electron chi connectivity index (χ1n) is 4.82. The third kappa shape index (κ3) is 2.65. The van der Waals surface area contributed by atoms with E-state index in [-0.39, 0.29) is 5.02 Å². The van der Waals surface area contributed by atoms with Crippen molar-refractivity contribution in [3.05, 3.63) is 39.3 Å². The number of hydrogen-bond acceptors (Lipinski definition) is 3. The summed E-state index contributed by atoms with van der Waals surface area (Å²) in [4.78, 5) is 0. The first-order chi connectivity index (χ1) is 8.11. The Morgan fingerprint density at radius 1 is 1.53 bits per heavy atom. The van der Waals surface area contributed by atoms with Crippen LogP contribution >= 0.6 is 27.5 Å². The molecule has 0 saturated carbocycles. The van der Waals surface area contributed by atoms with Gasteiger partial charge in [0.15, 0.2) is 0 Å². The van der Waals surface area contributed by atoms with Gasteiger partial charge in [0.05, 0.1) is 22.6 Å². The van der Waals surface area contributed by atoms with E-state index in [1.807, 2.05) is 7.05 Å². The molecule has 0 amide bonds. The van der Waals surface area contributed by atoms with Gasteiger partial charge in [-0.3, -0.25) is 0 Å². The Kier molecular flexibility index (Phi) is 3.76. The van der Waals surface area contributed by atoms with Crippen molar-refractivity contribution in [1.29, 1.82) is 0 Å². The highest BCUT2D eigenvalue weighted by Crippen LogP contribution is 2.29. The summed E-state index contributed by atoms with van der Waals surface area (Å²) in [6.07, 6.45) is 1.74. The van der Waals surface area contributed by atoms with Gasteiger partial charge in [0.2, 0.25) is 0 Å². The number of aromatic nitrogens is 3. The summed E-state index contributed by atoms with van der Waals surface area (Å²) in [5.74, 6) is -0.402. The average molecular weight is 320 g/mol. The molecule has 2 aromatic rings. The maximum absolute atomic E-state index is 13.1. The summed E-state index contributed by atoms with van der Waals surface area (Å²) in [6.45, 7) is 0.608. The molecule has 0 saturated heterocycles. The largest absolute Gasteiger partial charge is 0.314 e. The third-order valence-electron chi connectivity index (χ3n) is 2.11. The number of hydrogen-bond donors (Lipinski definition) is 1. The lowest BCUT2D eigenvalue weighted by molar-refractivity contribution is 0.625. The van der Waals surface area contributed by atoms with Crippen LogP contribution in [0.2, 0.25) is 5.02 Å². The highest BCUT2D eigenvalue weighted by atomic mass is 79.9. The van der Waals surface area contributed by atoms with Crippen LogP contribution < -0.4 is 5.32 Å². The van der Waals surface area contributed by atoms with Gasteiger partial charge in [0, 0.05) is 11.0 Å². The van der Waals surface area contributed by atoms with Gasteiger partial charge in [-0.15, -0.1) is 5.10 Å². The molecule has 17 heavy (non-hydrogen) atoms. The lowest BCUT2D eigenvalue weighted by Crippen LogP contribution is -2.05. The van der Waals surface area contributed by atoms with E-state index in [9.17, 15) is 4.39 Å². The number of nitrogens with one attached hydrogen (secondary N) is 1. The van der Waals surface area contributed by atoms with Crippen LogP contribution in [0.5, 0.6) is 0 Å². The molecule has 2 rings (SSSR count). The van der Waals surface area contributed by atoms with Gasteiger partial charge in [-0.2, -0.15) is 0 Å². The van der Waals surface area contributed by atoms with Crippen molar-refractivity contribution >= 4 is 27.5 Å². The second kappa shape index (κ2) is 5.12. The summed E-state index contributed by atoms with van der Waals surface area (Å²) < 4.78 is 15.1. The zero-order chi connectivity index (χ0) is 12.4. The van der Waals surface area contributed by atoms with E-state index in [0.717, 1.165) is 5.69 Å². The van der Waals surface area contributed by atoms with Gasteiger partial charge < -0.3 is 5.32 Å². The molecule has 0 aliphatic carbocycles. The molecule has 0 aliphatic heterocycles. The van der Waals surface area contributed by atoms with Crippen LogP contribution in [-0.2, 0) is 6.54 Å². The van der Waals surface area contributed by atoms with Crippen molar-refractivity contribution in [2.75, 3.05) is 7.05 Å². The minimum Gasteiger partial charge on any atom is -0.314 e. The molecule has 1 heterocycles. The molecule has 0 fully saturated rings. The van der Waals surface area contributed by atoms with E-state index >= 15 is 0 Å². The minimum absolute atomic E-state index is 0.276. The van der Waals surface area contributed by atoms with Gasteiger partial charge >= 0.3 is 0 Å². The normalized spacial score (nSPS) is 10.8. The van der Waals surface area contributed by atoms with Gasteiger partial charge in [-0.1, -0.05) is 16.8 Å². The SMILES string of the molecule is CNCc1cn(-c2c(Cl)cc(F)cc2Br)nn1. The topological polar surface area (TPSA) is 42.7 Å². The van der Waals surface area contributed by atoms with E-state index in [2.05, 4.69) is 31.6 Å². The quantitative estimate of drug-likeness (QED) is 0.945. The summed E-state index contributed by atoms with van der Waals surface area (Å²) in [5.41, 5.74) is 1.35. The van der Waals surface area contributed by atoms with Crippen LogP contribution in [0.15, 0.2) is 22.8 Å². The van der Waals surface area contributed by atoms with Crippen molar-refractivity contribution in [3.63, 3.8) is 0 Å². The Morgan fingerprint density at radius 2 is 2.29 bits per heavy atom. The molecular weight excluding hydrogens is 310 g/mol. The Balaban J connectivity index is 2.45. The number of halogens is 3. The fourth-order valence-electron chi connectivity index (χ4n) is 1.42. The molecule has 0 spiro atoms. The van der Waals surface area contributed by atoms with Gasteiger partial charge in [-0.05, 0) is 35.1 Å². The Bertz CT molecular complexity index is 520. The van der Waals surface area contributed by atoms with Crippen molar-refractivity contribution in [2.45, 2.75) is 6.54 Å². The number of nitrogens with zero attached hydrogens (tertiary/aromatic N) is 3. The molecule has 0 radical (unpaired) electrons. The molecule has 4 nitrogen and oxygen atoms in total. The van der Waals surface area contributed by atoms with Crippen molar-refractivity contribution in [2.24, 2.45) is 0 Å². The van der Waals surface area contributed by atoms with Gasteiger partial charge in [0.25, 0.3) is 0 Å².